The van der Waals surface area contributed by atoms with Gasteiger partial charge in [0.1, 0.15) is 17.3 Å². The second kappa shape index (κ2) is 7.82. The third-order valence-corrected chi connectivity index (χ3v) is 6.03. The highest BCUT2D eigenvalue weighted by Crippen LogP contribution is 2.33. The van der Waals surface area contributed by atoms with E-state index in [9.17, 15) is 14.3 Å². The summed E-state index contributed by atoms with van der Waals surface area (Å²) in [6.07, 6.45) is 4.23. The lowest BCUT2D eigenvalue weighted by Gasteiger charge is -2.31. The highest BCUT2D eigenvalue weighted by molar-refractivity contribution is 5.98. The zero-order chi connectivity index (χ0) is 19.7. The van der Waals surface area contributed by atoms with E-state index < -0.39 is 0 Å². The number of phenolic OH excluding ortho intramolecular Hbond substituents is 1. The summed E-state index contributed by atoms with van der Waals surface area (Å²) < 4.78 is 20.1. The maximum Gasteiger partial charge on any atom is 0.257 e. The lowest BCUT2D eigenvalue weighted by atomic mass is 9.82. The summed E-state index contributed by atoms with van der Waals surface area (Å²) >= 11 is 0. The van der Waals surface area contributed by atoms with Gasteiger partial charge in [-0.25, -0.2) is 4.39 Å². The molecule has 28 heavy (non-hydrogen) atoms. The lowest BCUT2D eigenvalue weighted by molar-refractivity contribution is 0.0718. The topological polar surface area (TPSA) is 49.8 Å². The quantitative estimate of drug-likeness (QED) is 0.816. The number of fused-ring (bicyclic) bond motifs is 1. The van der Waals surface area contributed by atoms with Gasteiger partial charge in [-0.15, -0.1) is 0 Å². The molecule has 148 valence electrons. The third-order valence-electron chi connectivity index (χ3n) is 6.03. The number of hydrogen-bond acceptors (Lipinski definition) is 3. The minimum atomic E-state index is -0.363. The van der Waals surface area contributed by atoms with Gasteiger partial charge >= 0.3 is 0 Å². The van der Waals surface area contributed by atoms with Crippen molar-refractivity contribution >= 4 is 5.91 Å². The van der Waals surface area contributed by atoms with Crippen LogP contribution in [-0.2, 0) is 6.54 Å². The van der Waals surface area contributed by atoms with Crippen molar-refractivity contribution in [2.75, 3.05) is 13.2 Å². The van der Waals surface area contributed by atoms with Crippen molar-refractivity contribution in [1.82, 2.24) is 4.90 Å². The number of carbonyl (C=O) groups excluding carboxylic acids is 1. The van der Waals surface area contributed by atoms with Gasteiger partial charge in [0.2, 0.25) is 0 Å². The summed E-state index contributed by atoms with van der Waals surface area (Å²) in [4.78, 5) is 14.4. The number of carbonyl (C=O) groups is 1. The molecule has 0 saturated heterocycles. The van der Waals surface area contributed by atoms with Crippen molar-refractivity contribution in [3.63, 3.8) is 0 Å². The van der Waals surface area contributed by atoms with Crippen molar-refractivity contribution in [3.05, 3.63) is 58.9 Å². The smallest absolute Gasteiger partial charge is 0.257 e. The van der Waals surface area contributed by atoms with Crippen LogP contribution >= 0.6 is 0 Å². The molecule has 1 heterocycles. The Morgan fingerprint density at radius 2 is 1.89 bits per heavy atom. The van der Waals surface area contributed by atoms with Gasteiger partial charge in [-0.1, -0.05) is 18.2 Å². The van der Waals surface area contributed by atoms with Crippen LogP contribution in [0.5, 0.6) is 11.5 Å². The van der Waals surface area contributed by atoms with E-state index in [0.717, 1.165) is 31.2 Å². The van der Waals surface area contributed by atoms with E-state index in [1.165, 1.54) is 0 Å². The highest BCUT2D eigenvalue weighted by Gasteiger charge is 2.33. The molecule has 1 aliphatic heterocycles. The Hall–Kier alpha value is -2.56. The second-order valence-electron chi connectivity index (χ2n) is 8.11. The van der Waals surface area contributed by atoms with E-state index in [1.54, 1.807) is 36.1 Å². The van der Waals surface area contributed by atoms with Crippen molar-refractivity contribution in [3.8, 4) is 11.5 Å². The first kappa shape index (κ1) is 18.8. The average Bonchev–Trinajstić information content (AvgIpc) is 3.00. The predicted molar refractivity (Wildman–Crippen MR) is 105 cm³/mol. The number of aromatic hydroxyl groups is 1. The largest absolute Gasteiger partial charge is 0.508 e. The highest BCUT2D eigenvalue weighted by atomic mass is 19.1. The Morgan fingerprint density at radius 3 is 2.64 bits per heavy atom. The Labute approximate surface area is 164 Å². The minimum absolute atomic E-state index is 0.162. The monoisotopic (exact) mass is 383 g/mol. The molecule has 0 atom stereocenters. The Bertz CT molecular complexity index is 874. The number of amides is 1. The van der Waals surface area contributed by atoms with Crippen LogP contribution in [0.15, 0.2) is 36.4 Å². The summed E-state index contributed by atoms with van der Waals surface area (Å²) in [6, 6.07) is 10.5. The molecule has 2 aliphatic rings. The van der Waals surface area contributed by atoms with Gasteiger partial charge < -0.3 is 14.7 Å². The molecule has 1 aliphatic carbocycles. The van der Waals surface area contributed by atoms with Crippen LogP contribution < -0.4 is 4.74 Å². The molecule has 5 heteroatoms. The number of nitrogens with zero attached hydrogens (tertiary/aromatic N) is 1. The summed E-state index contributed by atoms with van der Waals surface area (Å²) in [5.74, 6) is 1.33. The molecule has 1 fully saturated rings. The SMILES string of the molecule is Cc1ccc2c(c1F)C(=O)N(C[C@H]1CC[C@H](COc3cccc(O)c3)CC1)C2. The molecular formula is C23H26FNO3. The Kier molecular flexibility index (Phi) is 5.25. The molecule has 0 aromatic heterocycles. The van der Waals surface area contributed by atoms with E-state index in [0.29, 0.717) is 42.8 Å². The summed E-state index contributed by atoms with van der Waals surface area (Å²) in [6.45, 7) is 3.57. The number of benzene rings is 2. The third kappa shape index (κ3) is 3.84. The van der Waals surface area contributed by atoms with Crippen molar-refractivity contribution in [2.45, 2.75) is 39.2 Å². The van der Waals surface area contributed by atoms with Gasteiger partial charge in [-0.05, 0) is 67.7 Å². The van der Waals surface area contributed by atoms with E-state index in [2.05, 4.69) is 0 Å². The number of halogens is 1. The van der Waals surface area contributed by atoms with Gasteiger partial charge in [0.15, 0.2) is 0 Å². The number of rotatable bonds is 5. The van der Waals surface area contributed by atoms with Gasteiger partial charge in [0.25, 0.3) is 5.91 Å². The number of phenols is 1. The first-order valence-electron chi connectivity index (χ1n) is 10.0. The summed E-state index contributed by atoms with van der Waals surface area (Å²) in [7, 11) is 0. The maximum absolute atomic E-state index is 14.3. The predicted octanol–water partition coefficient (Wildman–Crippen LogP) is 4.68. The molecule has 2 aromatic carbocycles. The molecule has 4 nitrogen and oxygen atoms in total. The second-order valence-corrected chi connectivity index (χ2v) is 8.11. The fourth-order valence-electron chi connectivity index (χ4n) is 4.35. The molecule has 1 N–H and O–H groups in total. The fourth-order valence-corrected chi connectivity index (χ4v) is 4.35. The van der Waals surface area contributed by atoms with Gasteiger partial charge in [-0.3, -0.25) is 4.79 Å². The molecular weight excluding hydrogens is 357 g/mol. The number of ether oxygens (including phenoxy) is 1. The molecule has 1 amide bonds. The normalized spacial score (nSPS) is 21.6. The van der Waals surface area contributed by atoms with Crippen molar-refractivity contribution < 1.29 is 19.0 Å². The van der Waals surface area contributed by atoms with Gasteiger partial charge in [-0.2, -0.15) is 0 Å². The Morgan fingerprint density at radius 1 is 1.14 bits per heavy atom. The van der Waals surface area contributed by atoms with Crippen LogP contribution in [-0.4, -0.2) is 29.1 Å². The van der Waals surface area contributed by atoms with Crippen LogP contribution in [0.2, 0.25) is 0 Å². The molecule has 2 aromatic rings. The number of aryl methyl sites for hydroxylation is 1. The first-order chi connectivity index (χ1) is 13.5. The van der Waals surface area contributed by atoms with Gasteiger partial charge in [0, 0.05) is 19.2 Å². The zero-order valence-corrected chi connectivity index (χ0v) is 16.2. The number of hydrogen-bond donors (Lipinski definition) is 1. The van der Waals surface area contributed by atoms with Crippen LogP contribution in [0.4, 0.5) is 4.39 Å². The fraction of sp³-hybridized carbons (Fsp3) is 0.435. The minimum Gasteiger partial charge on any atom is -0.508 e. The van der Waals surface area contributed by atoms with Crippen LogP contribution in [0.3, 0.4) is 0 Å². The Balaban J connectivity index is 1.27. The van der Waals surface area contributed by atoms with Crippen LogP contribution in [0.1, 0.15) is 47.2 Å². The van der Waals surface area contributed by atoms with Crippen LogP contribution in [0.25, 0.3) is 0 Å². The first-order valence-corrected chi connectivity index (χ1v) is 10.0. The molecule has 0 bridgehead atoms. The molecule has 0 unspecified atom stereocenters. The molecule has 0 spiro atoms. The summed E-state index contributed by atoms with van der Waals surface area (Å²) in [5.41, 5.74) is 1.61. The van der Waals surface area contributed by atoms with Crippen molar-refractivity contribution in [2.24, 2.45) is 11.8 Å². The van der Waals surface area contributed by atoms with Crippen LogP contribution in [0, 0.1) is 24.6 Å². The average molecular weight is 383 g/mol. The standard InChI is InChI=1S/C23H26FNO3/c1-15-5-10-18-13-25(23(27)21(18)22(15)24)12-16-6-8-17(9-7-16)14-28-20-4-2-3-19(26)11-20/h2-5,10-11,16-17,26H,6-9,12-14H2,1H3/t16-,17-. The molecule has 0 radical (unpaired) electrons. The zero-order valence-electron chi connectivity index (χ0n) is 16.2. The van der Waals surface area contributed by atoms with E-state index in [-0.39, 0.29) is 23.0 Å². The van der Waals surface area contributed by atoms with Crippen molar-refractivity contribution in [1.29, 1.82) is 0 Å². The van der Waals surface area contributed by atoms with E-state index in [1.807, 2.05) is 12.1 Å². The van der Waals surface area contributed by atoms with E-state index in [4.69, 9.17) is 4.74 Å². The molecule has 1 saturated carbocycles. The lowest BCUT2D eigenvalue weighted by Crippen LogP contribution is -2.32. The summed E-state index contributed by atoms with van der Waals surface area (Å²) in [5, 5.41) is 9.50. The van der Waals surface area contributed by atoms with Gasteiger partial charge in [0.05, 0.1) is 12.2 Å². The maximum atomic E-state index is 14.3. The van der Waals surface area contributed by atoms with E-state index >= 15 is 0 Å². The molecule has 4 rings (SSSR count).